The van der Waals surface area contributed by atoms with Crippen molar-refractivity contribution in [2.24, 2.45) is 0 Å². The molecule has 0 fully saturated rings. The Hall–Kier alpha value is -0.210. The van der Waals surface area contributed by atoms with E-state index in [2.05, 4.69) is 24.8 Å². The van der Waals surface area contributed by atoms with Gasteiger partial charge in [0.25, 0.3) is 0 Å². The van der Waals surface area contributed by atoms with Crippen LogP contribution in [0.25, 0.3) is 0 Å². The molecule has 0 saturated heterocycles. The summed E-state index contributed by atoms with van der Waals surface area (Å²) in [7, 11) is 0. The van der Waals surface area contributed by atoms with Crippen molar-refractivity contribution in [3.8, 4) is 0 Å². The Morgan fingerprint density at radius 3 is 2.38 bits per heavy atom. The topological polar surface area (TPSA) is 31.5 Å². The van der Waals surface area contributed by atoms with Gasteiger partial charge < -0.3 is 5.48 Å². The summed E-state index contributed by atoms with van der Waals surface area (Å²) in [6, 6.07) is 0. The van der Waals surface area contributed by atoms with Gasteiger partial charge in [0.2, 0.25) is 0 Å². The van der Waals surface area contributed by atoms with Crippen molar-refractivity contribution < 1.29 is 5.48 Å². The Balaban J connectivity index is 0.000000490. The summed E-state index contributed by atoms with van der Waals surface area (Å²) in [5, 5.41) is 0. The van der Waals surface area contributed by atoms with Crippen molar-refractivity contribution >= 4 is 12.6 Å². The van der Waals surface area contributed by atoms with Crippen LogP contribution in [-0.2, 0) is 0 Å². The average Bonchev–Trinajstić information content (AvgIpc) is 1.69. The summed E-state index contributed by atoms with van der Waals surface area (Å²) in [4.78, 5) is 1.10. The summed E-state index contributed by atoms with van der Waals surface area (Å²) >= 11 is 4.14. The number of rotatable bonds is 0. The zero-order chi connectivity index (χ0) is 5.11. The highest BCUT2D eigenvalue weighted by Crippen LogP contribution is 2.11. The molecule has 8 heavy (non-hydrogen) atoms. The van der Waals surface area contributed by atoms with Crippen LogP contribution in [0.5, 0.6) is 0 Å². The SMILES string of the molecule is O.SC1=CCCC=C1. The van der Waals surface area contributed by atoms with Crippen LogP contribution in [-0.4, -0.2) is 5.48 Å². The smallest absolute Gasteiger partial charge is 0.000306 e. The molecule has 0 atom stereocenters. The molecule has 0 radical (unpaired) electrons. The lowest BCUT2D eigenvalue weighted by molar-refractivity contribution is 0.824. The van der Waals surface area contributed by atoms with Crippen LogP contribution in [0, 0.1) is 0 Å². The largest absolute Gasteiger partial charge is 0.412 e. The second-order valence-electron chi connectivity index (χ2n) is 1.61. The quantitative estimate of drug-likeness (QED) is 0.480. The number of hydrogen-bond acceptors (Lipinski definition) is 1. The van der Waals surface area contributed by atoms with E-state index < -0.39 is 0 Å². The van der Waals surface area contributed by atoms with Crippen molar-refractivity contribution in [2.75, 3.05) is 0 Å². The first-order chi connectivity index (χ1) is 3.39. The van der Waals surface area contributed by atoms with Gasteiger partial charge in [-0.25, -0.2) is 0 Å². The minimum absolute atomic E-state index is 0. The Morgan fingerprint density at radius 1 is 1.38 bits per heavy atom. The van der Waals surface area contributed by atoms with Gasteiger partial charge in [0.05, 0.1) is 0 Å². The first kappa shape index (κ1) is 7.79. The van der Waals surface area contributed by atoms with Crippen molar-refractivity contribution in [1.82, 2.24) is 0 Å². The molecule has 0 aromatic carbocycles. The standard InChI is InChI=1S/C6H8S.H2O/c7-6-4-2-1-3-5-6;/h2,4-5,7H,1,3H2;1H2. The van der Waals surface area contributed by atoms with Crippen molar-refractivity contribution in [3.05, 3.63) is 23.1 Å². The number of allylic oxidation sites excluding steroid dienone is 3. The fourth-order valence-corrected chi connectivity index (χ4v) is 0.834. The fraction of sp³-hybridized carbons (Fsp3) is 0.333. The van der Waals surface area contributed by atoms with Crippen LogP contribution in [0.4, 0.5) is 0 Å². The molecule has 1 aliphatic rings. The molecule has 0 heterocycles. The molecule has 0 unspecified atom stereocenters. The van der Waals surface area contributed by atoms with Crippen molar-refractivity contribution in [1.29, 1.82) is 0 Å². The van der Waals surface area contributed by atoms with Gasteiger partial charge in [-0.15, -0.1) is 12.6 Å². The maximum Gasteiger partial charge on any atom is -0.000306 e. The van der Waals surface area contributed by atoms with E-state index >= 15 is 0 Å². The summed E-state index contributed by atoms with van der Waals surface area (Å²) in [6.45, 7) is 0. The van der Waals surface area contributed by atoms with E-state index in [1.807, 2.05) is 6.08 Å². The lowest BCUT2D eigenvalue weighted by Crippen LogP contribution is -1.73. The van der Waals surface area contributed by atoms with E-state index in [4.69, 9.17) is 0 Å². The zero-order valence-electron chi connectivity index (χ0n) is 4.59. The van der Waals surface area contributed by atoms with Gasteiger partial charge in [-0.05, 0) is 17.7 Å². The van der Waals surface area contributed by atoms with Crippen LogP contribution < -0.4 is 0 Å². The van der Waals surface area contributed by atoms with Crippen LogP contribution in [0.2, 0.25) is 0 Å². The van der Waals surface area contributed by atoms with Gasteiger partial charge in [-0.3, -0.25) is 0 Å². The molecule has 1 nitrogen and oxygen atoms in total. The van der Waals surface area contributed by atoms with E-state index in [1.165, 1.54) is 6.42 Å². The number of thiol groups is 1. The molecule has 0 amide bonds. The molecule has 0 aliphatic heterocycles. The lowest BCUT2D eigenvalue weighted by Gasteiger charge is -1.95. The van der Waals surface area contributed by atoms with E-state index in [9.17, 15) is 0 Å². The summed E-state index contributed by atoms with van der Waals surface area (Å²) in [5.41, 5.74) is 0. The third-order valence-electron chi connectivity index (χ3n) is 0.975. The Labute approximate surface area is 54.8 Å². The predicted molar refractivity (Wildman–Crippen MR) is 39.1 cm³/mol. The molecule has 46 valence electrons. The van der Waals surface area contributed by atoms with Gasteiger partial charge in [0.1, 0.15) is 0 Å². The summed E-state index contributed by atoms with van der Waals surface area (Å²) in [5.74, 6) is 0. The van der Waals surface area contributed by atoms with E-state index in [0.717, 1.165) is 11.3 Å². The Morgan fingerprint density at radius 2 is 2.12 bits per heavy atom. The normalized spacial score (nSPS) is 16.9. The van der Waals surface area contributed by atoms with Gasteiger partial charge in [-0.2, -0.15) is 0 Å². The highest BCUT2D eigenvalue weighted by molar-refractivity contribution is 7.84. The Kier molecular flexibility index (Phi) is 3.65. The van der Waals surface area contributed by atoms with Crippen LogP contribution in [0.15, 0.2) is 23.1 Å². The summed E-state index contributed by atoms with van der Waals surface area (Å²) < 4.78 is 0. The molecule has 0 spiro atoms. The maximum atomic E-state index is 4.14. The molecule has 0 aromatic rings. The molecule has 0 bridgehead atoms. The van der Waals surface area contributed by atoms with Crippen LogP contribution >= 0.6 is 12.6 Å². The highest BCUT2D eigenvalue weighted by atomic mass is 32.1. The van der Waals surface area contributed by atoms with Gasteiger partial charge >= 0.3 is 0 Å². The first-order valence-corrected chi connectivity index (χ1v) is 2.90. The monoisotopic (exact) mass is 130 g/mol. The summed E-state index contributed by atoms with van der Waals surface area (Å²) in [6.07, 6.45) is 8.65. The van der Waals surface area contributed by atoms with E-state index in [-0.39, 0.29) is 5.48 Å². The third kappa shape index (κ3) is 2.19. The molecule has 1 rings (SSSR count). The molecule has 0 saturated carbocycles. The lowest BCUT2D eigenvalue weighted by atomic mass is 10.2. The first-order valence-electron chi connectivity index (χ1n) is 2.45. The van der Waals surface area contributed by atoms with Crippen LogP contribution in [0.3, 0.4) is 0 Å². The average molecular weight is 130 g/mol. The molecule has 0 aromatic heterocycles. The van der Waals surface area contributed by atoms with Gasteiger partial charge in [0.15, 0.2) is 0 Å². The van der Waals surface area contributed by atoms with Crippen molar-refractivity contribution in [3.63, 3.8) is 0 Å². The Bertz CT molecular complexity index is 116. The maximum absolute atomic E-state index is 4.14. The molecular weight excluding hydrogens is 120 g/mol. The predicted octanol–water partition coefficient (Wildman–Crippen LogP) is 1.33. The van der Waals surface area contributed by atoms with Crippen molar-refractivity contribution in [2.45, 2.75) is 12.8 Å². The van der Waals surface area contributed by atoms with Gasteiger partial charge in [0, 0.05) is 0 Å². The van der Waals surface area contributed by atoms with Crippen LogP contribution in [0.1, 0.15) is 12.8 Å². The fourth-order valence-electron chi connectivity index (χ4n) is 0.600. The zero-order valence-corrected chi connectivity index (χ0v) is 5.49. The number of hydrogen-bond donors (Lipinski definition) is 1. The second-order valence-corrected chi connectivity index (χ2v) is 2.13. The molecular formula is C6H10OS. The molecule has 1 aliphatic carbocycles. The van der Waals surface area contributed by atoms with E-state index in [1.54, 1.807) is 0 Å². The second kappa shape index (κ2) is 3.75. The minimum Gasteiger partial charge on any atom is -0.412 e. The minimum atomic E-state index is 0. The van der Waals surface area contributed by atoms with Gasteiger partial charge in [-0.1, -0.05) is 18.2 Å². The van der Waals surface area contributed by atoms with E-state index in [0.29, 0.717) is 0 Å². The third-order valence-corrected chi connectivity index (χ3v) is 1.31. The highest BCUT2D eigenvalue weighted by Gasteiger charge is 1.87. The molecule has 2 heteroatoms. The molecule has 2 N–H and O–H groups in total.